The Bertz CT molecular complexity index is 363. The molecule has 0 bridgehead atoms. The van der Waals surface area contributed by atoms with Crippen LogP contribution in [-0.4, -0.2) is 40.0 Å². The van der Waals surface area contributed by atoms with Crippen molar-refractivity contribution in [1.82, 2.24) is 0 Å². The van der Waals surface area contributed by atoms with Gasteiger partial charge in [0.25, 0.3) is 0 Å². The van der Waals surface area contributed by atoms with Crippen molar-refractivity contribution in [1.29, 1.82) is 0 Å². The molecule has 0 aromatic heterocycles. The highest BCUT2D eigenvalue weighted by Gasteiger charge is 2.54. The largest absolute Gasteiger partial charge is 0.162 e. The molecule has 0 N–H and O–H groups in total. The first kappa shape index (κ1) is 17.5. The van der Waals surface area contributed by atoms with Crippen molar-refractivity contribution in [2.45, 2.75) is 98.1 Å². The summed E-state index contributed by atoms with van der Waals surface area (Å²) in [6, 6.07) is 0. The van der Waals surface area contributed by atoms with Crippen molar-refractivity contribution in [2.24, 2.45) is 11.8 Å². The Labute approximate surface area is 153 Å². The molecule has 4 rings (SSSR count). The Morgan fingerprint density at radius 2 is 1.17 bits per heavy atom. The first-order valence-corrected chi connectivity index (χ1v) is 14.3. The summed E-state index contributed by atoms with van der Waals surface area (Å²) in [5, 5.41) is 1.99. The average Bonchev–Trinajstić information content (AvgIpc) is 2.95. The van der Waals surface area contributed by atoms with Crippen LogP contribution in [0.5, 0.6) is 0 Å². The molecule has 1 heterocycles. The Kier molecular flexibility index (Phi) is 5.94. The minimum Gasteiger partial charge on any atom is -0.162 e. The third-order valence-electron chi connectivity index (χ3n) is 7.61. The van der Waals surface area contributed by atoms with Gasteiger partial charge in [-0.1, -0.05) is 27.2 Å². The molecule has 3 aliphatic carbocycles. The molecule has 132 valence electrons. The van der Waals surface area contributed by atoms with Crippen LogP contribution < -0.4 is 0 Å². The molecule has 0 nitrogen and oxygen atoms in total. The highest BCUT2D eigenvalue weighted by Crippen LogP contribution is 2.72. The van der Waals surface area contributed by atoms with Crippen LogP contribution >= 0.6 is 31.4 Å². The summed E-state index contributed by atoms with van der Waals surface area (Å²) in [6.45, 7) is 0. The second kappa shape index (κ2) is 7.79. The number of fused-ring (bicyclic) bond motifs is 3. The molecule has 6 atom stereocenters. The van der Waals surface area contributed by atoms with E-state index in [0.717, 1.165) is 22.3 Å². The van der Waals surface area contributed by atoms with Gasteiger partial charge in [-0.25, -0.2) is 0 Å². The summed E-state index contributed by atoms with van der Waals surface area (Å²) in [5.74, 6) is 2.27. The second-order valence-electron chi connectivity index (χ2n) is 8.54. The summed E-state index contributed by atoms with van der Waals surface area (Å²) >= 11 is 4.36. The van der Waals surface area contributed by atoms with Gasteiger partial charge >= 0.3 is 0 Å². The number of rotatable bonds is 3. The summed E-state index contributed by atoms with van der Waals surface area (Å²) < 4.78 is 0. The third kappa shape index (κ3) is 3.40. The third-order valence-corrected chi connectivity index (χ3v) is 14.0. The zero-order valence-corrected chi connectivity index (χ0v) is 17.6. The quantitative estimate of drug-likeness (QED) is 0.512. The molecule has 1 saturated heterocycles. The molecule has 3 heteroatoms. The molecule has 0 aromatic rings. The van der Waals surface area contributed by atoms with Crippen LogP contribution in [0.2, 0.25) is 0 Å². The fourth-order valence-electron chi connectivity index (χ4n) is 6.55. The minimum absolute atomic E-state index is 0.355. The van der Waals surface area contributed by atoms with E-state index in [-0.39, 0.29) is 0 Å². The number of thioether (sulfide) groups is 2. The normalized spacial score (nSPS) is 48.0. The number of hydrogen-bond donors (Lipinski definition) is 0. The van der Waals surface area contributed by atoms with Gasteiger partial charge < -0.3 is 0 Å². The summed E-state index contributed by atoms with van der Waals surface area (Å²) in [6.07, 6.45) is 22.1. The molecule has 23 heavy (non-hydrogen) atoms. The van der Waals surface area contributed by atoms with Crippen LogP contribution in [0.15, 0.2) is 0 Å². The Balaban J connectivity index is 1.56. The van der Waals surface area contributed by atoms with Gasteiger partial charge in [-0.05, 0) is 92.7 Å². The number of hydrogen-bond acceptors (Lipinski definition) is 2. The standard InChI is InChI=1S/C20H35PS2/c1-22-15-8-10-19-17(12-15)18-13-16(23-2)9-11-20(18)21(19)14-6-4-3-5-7-14/h14-20H,3-13H2,1-2H3. The Morgan fingerprint density at radius 3 is 1.65 bits per heavy atom. The Hall–Kier alpha value is 1.13. The van der Waals surface area contributed by atoms with Crippen molar-refractivity contribution < 1.29 is 0 Å². The van der Waals surface area contributed by atoms with E-state index in [1.54, 1.807) is 64.2 Å². The van der Waals surface area contributed by atoms with E-state index < -0.39 is 0 Å². The van der Waals surface area contributed by atoms with E-state index in [0.29, 0.717) is 7.92 Å². The zero-order chi connectivity index (χ0) is 15.8. The molecule has 0 spiro atoms. The van der Waals surface area contributed by atoms with Crippen molar-refractivity contribution in [3.63, 3.8) is 0 Å². The van der Waals surface area contributed by atoms with Crippen LogP contribution in [0, 0.1) is 11.8 Å². The van der Waals surface area contributed by atoms with Crippen molar-refractivity contribution in [2.75, 3.05) is 12.5 Å². The molecular weight excluding hydrogens is 335 g/mol. The summed E-state index contributed by atoms with van der Waals surface area (Å²) in [7, 11) is 0.355. The van der Waals surface area contributed by atoms with Crippen molar-refractivity contribution >= 4 is 31.4 Å². The van der Waals surface area contributed by atoms with Crippen LogP contribution in [0.3, 0.4) is 0 Å². The average molecular weight is 371 g/mol. The molecular formula is C20H35PS2. The smallest absolute Gasteiger partial charge is 0.00474 e. The predicted octanol–water partition coefficient (Wildman–Crippen LogP) is 6.62. The molecule has 0 aromatic carbocycles. The van der Waals surface area contributed by atoms with E-state index in [1.165, 1.54) is 23.4 Å². The topological polar surface area (TPSA) is 0 Å². The lowest BCUT2D eigenvalue weighted by Crippen LogP contribution is -2.34. The fourth-order valence-corrected chi connectivity index (χ4v) is 13.1. The van der Waals surface area contributed by atoms with Gasteiger partial charge in [0.1, 0.15) is 0 Å². The monoisotopic (exact) mass is 370 g/mol. The lowest BCUT2D eigenvalue weighted by atomic mass is 9.73. The molecule has 1 aliphatic heterocycles. The zero-order valence-electron chi connectivity index (χ0n) is 15.1. The second-order valence-corrected chi connectivity index (χ2v) is 13.8. The van der Waals surface area contributed by atoms with E-state index in [2.05, 4.69) is 36.0 Å². The lowest BCUT2D eigenvalue weighted by molar-refractivity contribution is 0.238. The van der Waals surface area contributed by atoms with E-state index in [1.807, 2.05) is 0 Å². The van der Waals surface area contributed by atoms with Gasteiger partial charge in [0.05, 0.1) is 0 Å². The molecule has 6 unspecified atom stereocenters. The van der Waals surface area contributed by atoms with Gasteiger partial charge in [0.2, 0.25) is 0 Å². The highest BCUT2D eigenvalue weighted by atomic mass is 32.2. The van der Waals surface area contributed by atoms with E-state index >= 15 is 0 Å². The van der Waals surface area contributed by atoms with Crippen molar-refractivity contribution in [3.8, 4) is 0 Å². The first-order chi connectivity index (χ1) is 11.3. The maximum absolute atomic E-state index is 2.37. The maximum Gasteiger partial charge on any atom is 0.00474 e. The molecule has 4 aliphatic rings. The van der Waals surface area contributed by atoms with Gasteiger partial charge in [0, 0.05) is 10.5 Å². The SMILES string of the molecule is CSC1CCC2C(C1)C1CC(SC)CCC1P2C1CCCCC1. The van der Waals surface area contributed by atoms with Crippen molar-refractivity contribution in [3.05, 3.63) is 0 Å². The van der Waals surface area contributed by atoms with Gasteiger partial charge in [-0.15, -0.1) is 0 Å². The molecule has 0 radical (unpaired) electrons. The minimum atomic E-state index is 0.355. The van der Waals surface area contributed by atoms with Crippen LogP contribution in [0.4, 0.5) is 0 Å². The Morgan fingerprint density at radius 1 is 0.652 bits per heavy atom. The van der Waals surface area contributed by atoms with E-state index in [9.17, 15) is 0 Å². The predicted molar refractivity (Wildman–Crippen MR) is 111 cm³/mol. The van der Waals surface area contributed by atoms with E-state index in [4.69, 9.17) is 0 Å². The van der Waals surface area contributed by atoms with Crippen LogP contribution in [0.1, 0.15) is 70.6 Å². The van der Waals surface area contributed by atoms with Gasteiger partial charge in [-0.3, -0.25) is 0 Å². The van der Waals surface area contributed by atoms with Crippen LogP contribution in [0.25, 0.3) is 0 Å². The summed E-state index contributed by atoms with van der Waals surface area (Å²) in [5.41, 5.74) is 3.55. The van der Waals surface area contributed by atoms with Gasteiger partial charge in [0.15, 0.2) is 0 Å². The van der Waals surface area contributed by atoms with Crippen LogP contribution in [-0.2, 0) is 0 Å². The first-order valence-electron chi connectivity index (χ1n) is 10.1. The van der Waals surface area contributed by atoms with Gasteiger partial charge in [-0.2, -0.15) is 23.5 Å². The lowest BCUT2D eigenvalue weighted by Gasteiger charge is -2.40. The maximum atomic E-state index is 2.37. The highest BCUT2D eigenvalue weighted by molar-refractivity contribution is 7.99. The summed E-state index contributed by atoms with van der Waals surface area (Å²) in [4.78, 5) is 0. The molecule has 0 amide bonds. The molecule has 4 fully saturated rings. The fraction of sp³-hybridized carbons (Fsp3) is 1.00. The molecule has 3 saturated carbocycles.